The predicted octanol–water partition coefficient (Wildman–Crippen LogP) is 1.13. The summed E-state index contributed by atoms with van der Waals surface area (Å²) in [5.41, 5.74) is 2.77. The summed E-state index contributed by atoms with van der Waals surface area (Å²) in [5.74, 6) is 0.143. The highest BCUT2D eigenvalue weighted by atomic mass is 16.5. The van der Waals surface area contributed by atoms with E-state index in [0.717, 1.165) is 17.0 Å². The molecule has 130 valence electrons. The maximum absolute atomic E-state index is 11.9. The Balaban J connectivity index is 1.85. The van der Waals surface area contributed by atoms with Gasteiger partial charge >= 0.3 is 5.97 Å². The highest BCUT2D eigenvalue weighted by molar-refractivity contribution is 5.77. The lowest BCUT2D eigenvalue weighted by Crippen LogP contribution is -2.27. The summed E-state index contributed by atoms with van der Waals surface area (Å²) in [6.07, 6.45) is 2.37. The van der Waals surface area contributed by atoms with E-state index in [-0.39, 0.29) is 30.9 Å². The first-order valence-electron chi connectivity index (χ1n) is 8.00. The van der Waals surface area contributed by atoms with Crippen molar-refractivity contribution < 1.29 is 14.3 Å². The second-order valence-electron chi connectivity index (χ2n) is 5.87. The molecule has 0 radical (unpaired) electrons. The predicted molar refractivity (Wildman–Crippen MR) is 87.4 cm³/mol. The largest absolute Gasteiger partial charge is 0.463 e. The van der Waals surface area contributed by atoms with Gasteiger partial charge in [-0.05, 0) is 39.7 Å². The minimum Gasteiger partial charge on any atom is -0.463 e. The third-order valence-electron chi connectivity index (χ3n) is 3.61. The smallest absolute Gasteiger partial charge is 0.307 e. The average Bonchev–Trinajstić information content (AvgIpc) is 2.94. The average molecular weight is 333 g/mol. The molecule has 0 aliphatic carbocycles. The van der Waals surface area contributed by atoms with Crippen molar-refractivity contribution in [1.82, 2.24) is 24.9 Å². The first kappa shape index (κ1) is 17.8. The van der Waals surface area contributed by atoms with Crippen LogP contribution in [0, 0.1) is 13.8 Å². The van der Waals surface area contributed by atoms with Crippen LogP contribution in [0.1, 0.15) is 43.6 Å². The van der Waals surface area contributed by atoms with E-state index in [9.17, 15) is 9.59 Å². The number of hydrogen-bond acceptors (Lipinski definition) is 6. The summed E-state index contributed by atoms with van der Waals surface area (Å²) >= 11 is 0. The fourth-order valence-electron chi connectivity index (χ4n) is 2.47. The van der Waals surface area contributed by atoms with Gasteiger partial charge < -0.3 is 10.1 Å². The molecule has 0 fully saturated rings. The number of nitrogens with one attached hydrogen (secondary N) is 1. The van der Waals surface area contributed by atoms with Crippen molar-refractivity contribution in [3.63, 3.8) is 0 Å². The molecule has 0 saturated heterocycles. The zero-order chi connectivity index (χ0) is 17.7. The third kappa shape index (κ3) is 4.50. The highest BCUT2D eigenvalue weighted by Gasteiger charge is 2.13. The van der Waals surface area contributed by atoms with Crippen LogP contribution in [0.25, 0.3) is 5.78 Å². The molecule has 0 spiro atoms. The minimum absolute atomic E-state index is 0.107. The maximum atomic E-state index is 11.9. The van der Waals surface area contributed by atoms with Crippen molar-refractivity contribution >= 4 is 17.7 Å². The van der Waals surface area contributed by atoms with E-state index in [1.165, 1.54) is 6.33 Å². The van der Waals surface area contributed by atoms with Gasteiger partial charge in [0.15, 0.2) is 0 Å². The van der Waals surface area contributed by atoms with Gasteiger partial charge in [0.25, 0.3) is 5.78 Å². The van der Waals surface area contributed by atoms with Crippen LogP contribution in [0.5, 0.6) is 0 Å². The van der Waals surface area contributed by atoms with Crippen LogP contribution in [0.4, 0.5) is 0 Å². The van der Waals surface area contributed by atoms with Crippen molar-refractivity contribution in [2.45, 2.75) is 53.1 Å². The topological polar surface area (TPSA) is 98.5 Å². The van der Waals surface area contributed by atoms with Gasteiger partial charge in [-0.1, -0.05) is 0 Å². The van der Waals surface area contributed by atoms with E-state index in [0.29, 0.717) is 18.6 Å². The van der Waals surface area contributed by atoms with Crippen molar-refractivity contribution in [1.29, 1.82) is 0 Å². The van der Waals surface area contributed by atoms with Gasteiger partial charge in [-0.3, -0.25) is 9.59 Å². The number of nitrogens with zero attached hydrogens (tertiary/aromatic N) is 4. The quantitative estimate of drug-likeness (QED) is 0.763. The van der Waals surface area contributed by atoms with Crippen molar-refractivity contribution in [2.24, 2.45) is 0 Å². The van der Waals surface area contributed by atoms with Gasteiger partial charge in [-0.25, -0.2) is 9.50 Å². The Morgan fingerprint density at radius 1 is 1.29 bits per heavy atom. The molecule has 0 aromatic carbocycles. The van der Waals surface area contributed by atoms with Crippen molar-refractivity contribution in [3.8, 4) is 0 Å². The van der Waals surface area contributed by atoms with Crippen LogP contribution >= 0.6 is 0 Å². The summed E-state index contributed by atoms with van der Waals surface area (Å²) in [6.45, 7) is 7.70. The SMILES string of the molecule is Cc1nc2ncnn2c(C)c1CCC(=O)NCCC(=O)OC(C)C. The molecule has 8 heteroatoms. The summed E-state index contributed by atoms with van der Waals surface area (Å²) in [6, 6.07) is 0. The number of ether oxygens (including phenoxy) is 1. The van der Waals surface area contributed by atoms with Crippen LogP contribution in [0.15, 0.2) is 6.33 Å². The molecule has 0 unspecified atom stereocenters. The normalized spacial score (nSPS) is 11.0. The molecule has 8 nitrogen and oxygen atoms in total. The summed E-state index contributed by atoms with van der Waals surface area (Å²) in [7, 11) is 0. The second kappa shape index (κ2) is 7.85. The number of carbonyl (C=O) groups excluding carboxylic acids is 2. The minimum atomic E-state index is -0.308. The van der Waals surface area contributed by atoms with Crippen LogP contribution in [-0.2, 0) is 20.7 Å². The van der Waals surface area contributed by atoms with Crippen LogP contribution in [0.3, 0.4) is 0 Å². The fourth-order valence-corrected chi connectivity index (χ4v) is 2.47. The highest BCUT2D eigenvalue weighted by Crippen LogP contribution is 2.14. The van der Waals surface area contributed by atoms with Crippen LogP contribution in [0.2, 0.25) is 0 Å². The molecular formula is C16H23N5O3. The van der Waals surface area contributed by atoms with Gasteiger partial charge in [-0.2, -0.15) is 10.1 Å². The van der Waals surface area contributed by atoms with Gasteiger partial charge in [0.05, 0.1) is 12.5 Å². The van der Waals surface area contributed by atoms with E-state index in [1.807, 2.05) is 13.8 Å². The number of esters is 1. The molecule has 0 bridgehead atoms. The number of aryl methyl sites for hydroxylation is 2. The van der Waals surface area contributed by atoms with Crippen molar-refractivity contribution in [3.05, 3.63) is 23.3 Å². The number of hydrogen-bond donors (Lipinski definition) is 1. The molecule has 2 aromatic heterocycles. The molecule has 0 aliphatic rings. The Hall–Kier alpha value is -2.51. The monoisotopic (exact) mass is 333 g/mol. The zero-order valence-corrected chi connectivity index (χ0v) is 14.5. The molecule has 0 atom stereocenters. The maximum Gasteiger partial charge on any atom is 0.307 e. The van der Waals surface area contributed by atoms with Gasteiger partial charge in [0.2, 0.25) is 5.91 Å². The van der Waals surface area contributed by atoms with E-state index in [4.69, 9.17) is 4.74 Å². The Bertz CT molecular complexity index is 739. The number of carbonyl (C=O) groups is 2. The van der Waals surface area contributed by atoms with Gasteiger partial charge in [0.1, 0.15) is 6.33 Å². The first-order chi connectivity index (χ1) is 11.4. The number of amides is 1. The molecule has 2 rings (SSSR count). The summed E-state index contributed by atoms with van der Waals surface area (Å²) in [5, 5.41) is 6.86. The number of fused-ring (bicyclic) bond motifs is 1. The Kier molecular flexibility index (Phi) is 5.83. The molecule has 1 amide bonds. The van der Waals surface area contributed by atoms with E-state index in [1.54, 1.807) is 18.4 Å². The van der Waals surface area contributed by atoms with Crippen LogP contribution in [-0.4, -0.2) is 44.1 Å². The molecule has 1 N–H and O–H groups in total. The lowest BCUT2D eigenvalue weighted by molar-refractivity contribution is -0.147. The number of rotatable bonds is 7. The lowest BCUT2D eigenvalue weighted by atomic mass is 10.1. The van der Waals surface area contributed by atoms with E-state index >= 15 is 0 Å². The second-order valence-corrected chi connectivity index (χ2v) is 5.87. The Labute approximate surface area is 140 Å². The fraction of sp³-hybridized carbons (Fsp3) is 0.562. The third-order valence-corrected chi connectivity index (χ3v) is 3.61. The standard InChI is InChI=1S/C16H23N5O3/c1-10(2)24-15(23)7-8-17-14(22)6-5-13-11(3)20-16-18-9-19-21(16)12(13)4/h9-10H,5-8H2,1-4H3,(H,17,22). The summed E-state index contributed by atoms with van der Waals surface area (Å²) in [4.78, 5) is 31.8. The molecule has 2 aromatic rings. The van der Waals surface area contributed by atoms with E-state index < -0.39 is 0 Å². The molecule has 0 saturated carbocycles. The van der Waals surface area contributed by atoms with Gasteiger partial charge in [-0.15, -0.1) is 0 Å². The van der Waals surface area contributed by atoms with Crippen LogP contribution < -0.4 is 5.32 Å². The molecular weight excluding hydrogens is 310 g/mol. The van der Waals surface area contributed by atoms with Gasteiger partial charge in [0, 0.05) is 24.4 Å². The molecule has 2 heterocycles. The number of aromatic nitrogens is 4. The Morgan fingerprint density at radius 2 is 2.04 bits per heavy atom. The molecule has 0 aliphatic heterocycles. The summed E-state index contributed by atoms with van der Waals surface area (Å²) < 4.78 is 6.68. The Morgan fingerprint density at radius 3 is 2.75 bits per heavy atom. The first-order valence-corrected chi connectivity index (χ1v) is 8.00. The zero-order valence-electron chi connectivity index (χ0n) is 14.5. The molecule has 24 heavy (non-hydrogen) atoms. The van der Waals surface area contributed by atoms with Crippen molar-refractivity contribution in [2.75, 3.05) is 6.54 Å². The van der Waals surface area contributed by atoms with E-state index in [2.05, 4.69) is 20.4 Å². The lowest BCUT2D eigenvalue weighted by Gasteiger charge is -2.11.